The number of allylic oxidation sites excluding steroid dienone is 1. The number of carbonyl (C=O) groups is 1. The predicted molar refractivity (Wildman–Crippen MR) is 66.6 cm³/mol. The van der Waals surface area contributed by atoms with Crippen LogP contribution in [0.3, 0.4) is 0 Å². The number of aliphatic carboxylic acids is 1. The molecule has 1 heterocycles. The fourth-order valence-electron chi connectivity index (χ4n) is 2.08. The number of sulfone groups is 1. The van der Waals surface area contributed by atoms with Crippen molar-refractivity contribution in [2.75, 3.05) is 0 Å². The fraction of sp³-hybridized carbons (Fsp3) is 0.250. The van der Waals surface area contributed by atoms with Gasteiger partial charge in [-0.15, -0.1) is 0 Å². The Kier molecular flexibility index (Phi) is 2.79. The predicted octanol–water partition coefficient (Wildman–Crippen LogP) is 0.925. The van der Waals surface area contributed by atoms with E-state index in [1.807, 2.05) is 0 Å². The minimum absolute atomic E-state index is 0.0259. The summed E-state index contributed by atoms with van der Waals surface area (Å²) in [5.74, 6) is -1.24. The van der Waals surface area contributed by atoms with Crippen molar-refractivity contribution in [3.63, 3.8) is 0 Å². The largest absolute Gasteiger partial charge is 0.480 e. The van der Waals surface area contributed by atoms with Gasteiger partial charge in [0.05, 0.1) is 9.80 Å². The topological polar surface area (TPSA) is 97.5 Å². The molecule has 1 aromatic carbocycles. The Morgan fingerprint density at radius 1 is 1.33 bits per heavy atom. The molecular weight excluding hydrogens is 254 g/mol. The van der Waals surface area contributed by atoms with Gasteiger partial charge in [0.15, 0.2) is 0 Å². The van der Waals surface area contributed by atoms with Crippen molar-refractivity contribution in [2.24, 2.45) is 5.73 Å². The summed E-state index contributed by atoms with van der Waals surface area (Å²) in [6.45, 7) is 3.17. The highest BCUT2D eigenvalue weighted by atomic mass is 32.2. The normalized spacial score (nSPS) is 18.6. The Hall–Kier alpha value is -1.66. The van der Waals surface area contributed by atoms with Crippen molar-refractivity contribution in [3.8, 4) is 0 Å². The lowest BCUT2D eigenvalue weighted by atomic mass is 9.98. The summed E-state index contributed by atoms with van der Waals surface area (Å²) in [5.41, 5.74) is 6.94. The fourth-order valence-corrected chi connectivity index (χ4v) is 3.75. The van der Waals surface area contributed by atoms with Gasteiger partial charge in [-0.2, -0.15) is 0 Å². The summed E-state index contributed by atoms with van der Waals surface area (Å²) in [6, 6.07) is 3.55. The van der Waals surface area contributed by atoms with E-state index >= 15 is 0 Å². The molecule has 0 fully saturated rings. The number of nitrogens with two attached hydrogens (primary N) is 1. The van der Waals surface area contributed by atoms with E-state index in [2.05, 4.69) is 0 Å². The van der Waals surface area contributed by atoms with Crippen LogP contribution in [-0.4, -0.2) is 25.5 Å². The number of carboxylic acid groups (broad SMARTS) is 1. The highest BCUT2D eigenvalue weighted by Gasteiger charge is 2.37. The second-order valence-corrected chi connectivity index (χ2v) is 6.35. The summed E-state index contributed by atoms with van der Waals surface area (Å²) in [5, 5.41) is 8.96. The average Bonchev–Trinajstić information content (AvgIpc) is 2.48. The summed E-state index contributed by atoms with van der Waals surface area (Å²) >= 11 is 0. The molecule has 0 radical (unpaired) electrons. The molecule has 1 aliphatic rings. The van der Waals surface area contributed by atoms with Crippen molar-refractivity contribution >= 4 is 21.4 Å². The van der Waals surface area contributed by atoms with E-state index < -0.39 is 21.8 Å². The van der Waals surface area contributed by atoms with Gasteiger partial charge in [-0.25, -0.2) is 8.42 Å². The third kappa shape index (κ3) is 1.65. The molecule has 0 aromatic heterocycles. The molecule has 1 aliphatic heterocycles. The number of rotatable bonds is 2. The Bertz CT molecular complexity index is 673. The van der Waals surface area contributed by atoms with Crippen LogP contribution in [0.4, 0.5) is 0 Å². The molecule has 0 spiro atoms. The maximum absolute atomic E-state index is 12.2. The van der Waals surface area contributed by atoms with Crippen molar-refractivity contribution < 1.29 is 18.3 Å². The first-order valence-electron chi connectivity index (χ1n) is 5.32. The van der Waals surface area contributed by atoms with E-state index in [0.29, 0.717) is 5.56 Å². The van der Waals surface area contributed by atoms with Crippen molar-refractivity contribution in [2.45, 2.75) is 24.8 Å². The quantitative estimate of drug-likeness (QED) is 0.830. The van der Waals surface area contributed by atoms with E-state index in [0.717, 1.165) is 5.56 Å². The second-order valence-electron chi connectivity index (χ2n) is 4.29. The van der Waals surface area contributed by atoms with Crippen LogP contribution in [0.5, 0.6) is 0 Å². The molecule has 1 atom stereocenters. The number of carboxylic acids is 1. The van der Waals surface area contributed by atoms with Crippen molar-refractivity contribution in [3.05, 3.63) is 34.2 Å². The van der Waals surface area contributed by atoms with Crippen molar-refractivity contribution in [1.82, 2.24) is 0 Å². The monoisotopic (exact) mass is 267 g/mol. The first-order valence-corrected chi connectivity index (χ1v) is 6.80. The lowest BCUT2D eigenvalue weighted by Crippen LogP contribution is -2.31. The van der Waals surface area contributed by atoms with Gasteiger partial charge in [-0.3, -0.25) is 4.79 Å². The SMILES string of the molecule is CC1=C(C(N)C(=O)O)c2ccc(C)cc2S1(=O)=O. The van der Waals surface area contributed by atoms with Crippen LogP contribution in [0.15, 0.2) is 28.0 Å². The Balaban J connectivity index is 2.77. The highest BCUT2D eigenvalue weighted by Crippen LogP contribution is 2.40. The Morgan fingerprint density at radius 3 is 2.50 bits per heavy atom. The van der Waals surface area contributed by atoms with Crippen LogP contribution >= 0.6 is 0 Å². The van der Waals surface area contributed by atoms with Crippen LogP contribution < -0.4 is 5.73 Å². The van der Waals surface area contributed by atoms with E-state index in [4.69, 9.17) is 10.8 Å². The number of hydrogen-bond donors (Lipinski definition) is 2. The van der Waals surface area contributed by atoms with Gasteiger partial charge in [-0.1, -0.05) is 12.1 Å². The minimum atomic E-state index is -3.60. The summed E-state index contributed by atoms with van der Waals surface area (Å²) in [6.07, 6.45) is 0. The molecule has 6 heteroatoms. The zero-order valence-electron chi connectivity index (χ0n) is 9.97. The first-order chi connectivity index (χ1) is 8.26. The zero-order valence-corrected chi connectivity index (χ0v) is 10.8. The Labute approximate surface area is 105 Å². The van der Waals surface area contributed by atoms with Gasteiger partial charge in [-0.05, 0) is 31.0 Å². The molecular formula is C12H13NO4S. The molecule has 2 rings (SSSR count). The molecule has 0 aliphatic carbocycles. The maximum Gasteiger partial charge on any atom is 0.325 e. The molecule has 3 N–H and O–H groups in total. The Morgan fingerprint density at radius 2 is 1.94 bits per heavy atom. The molecule has 18 heavy (non-hydrogen) atoms. The highest BCUT2D eigenvalue weighted by molar-refractivity contribution is 7.95. The molecule has 1 unspecified atom stereocenters. The van der Waals surface area contributed by atoms with Gasteiger partial charge in [0.1, 0.15) is 6.04 Å². The van der Waals surface area contributed by atoms with E-state index in [1.54, 1.807) is 19.1 Å². The van der Waals surface area contributed by atoms with Gasteiger partial charge in [0, 0.05) is 5.57 Å². The van der Waals surface area contributed by atoms with Gasteiger partial charge >= 0.3 is 5.97 Å². The second kappa shape index (κ2) is 3.93. The lowest BCUT2D eigenvalue weighted by Gasteiger charge is -2.09. The summed E-state index contributed by atoms with van der Waals surface area (Å²) in [4.78, 5) is 11.1. The average molecular weight is 267 g/mol. The van der Waals surface area contributed by atoms with E-state index in [1.165, 1.54) is 13.0 Å². The van der Waals surface area contributed by atoms with Gasteiger partial charge < -0.3 is 10.8 Å². The smallest absolute Gasteiger partial charge is 0.325 e. The van der Waals surface area contributed by atoms with Crippen molar-refractivity contribution in [1.29, 1.82) is 0 Å². The molecule has 96 valence electrons. The third-order valence-corrected chi connectivity index (χ3v) is 5.02. The number of benzene rings is 1. The van der Waals surface area contributed by atoms with E-state index in [9.17, 15) is 13.2 Å². The number of fused-ring (bicyclic) bond motifs is 1. The lowest BCUT2D eigenvalue weighted by molar-refractivity contribution is -0.137. The van der Waals surface area contributed by atoms with Gasteiger partial charge in [0.25, 0.3) is 0 Å². The molecule has 1 aromatic rings. The third-order valence-electron chi connectivity index (χ3n) is 3.08. The van der Waals surface area contributed by atoms with Crippen LogP contribution in [0, 0.1) is 6.92 Å². The van der Waals surface area contributed by atoms with Crippen LogP contribution in [0.1, 0.15) is 18.1 Å². The first kappa shape index (κ1) is 12.8. The zero-order chi connectivity index (χ0) is 13.7. The molecule has 0 saturated carbocycles. The standard InChI is InChI=1S/C12H13NO4S/c1-6-3-4-8-9(5-6)18(16,17)7(2)10(8)11(13)12(14)15/h3-5,11H,13H2,1-2H3,(H,14,15). The van der Waals surface area contributed by atoms with Gasteiger partial charge in [0.2, 0.25) is 9.84 Å². The van der Waals surface area contributed by atoms with Crippen LogP contribution in [-0.2, 0) is 14.6 Å². The minimum Gasteiger partial charge on any atom is -0.480 e. The molecule has 0 amide bonds. The summed E-state index contributed by atoms with van der Waals surface area (Å²) < 4.78 is 24.3. The maximum atomic E-state index is 12.2. The number of hydrogen-bond acceptors (Lipinski definition) is 4. The molecule has 0 saturated heterocycles. The van der Waals surface area contributed by atoms with Crippen LogP contribution in [0.2, 0.25) is 0 Å². The van der Waals surface area contributed by atoms with Crippen LogP contribution in [0.25, 0.3) is 5.57 Å². The number of aryl methyl sites for hydroxylation is 1. The summed E-state index contributed by atoms with van der Waals surface area (Å²) in [7, 11) is -3.60. The molecule has 5 nitrogen and oxygen atoms in total. The van der Waals surface area contributed by atoms with E-state index in [-0.39, 0.29) is 15.4 Å². The molecule has 0 bridgehead atoms.